The van der Waals surface area contributed by atoms with Crippen LogP contribution in [0.5, 0.6) is 0 Å². The van der Waals surface area contributed by atoms with Crippen LogP contribution >= 0.6 is 23.4 Å². The lowest BCUT2D eigenvalue weighted by atomic mass is 10.1. The lowest BCUT2D eigenvalue weighted by molar-refractivity contribution is 0.385. The highest BCUT2D eigenvalue weighted by Gasteiger charge is 2.16. The van der Waals surface area contributed by atoms with Crippen LogP contribution in [0.4, 0.5) is 4.39 Å². The Morgan fingerprint density at radius 3 is 2.93 bits per heavy atom. The van der Waals surface area contributed by atoms with Gasteiger partial charge in [0.2, 0.25) is 0 Å². The van der Waals surface area contributed by atoms with Crippen LogP contribution in [0.15, 0.2) is 18.2 Å². The molecule has 1 nitrogen and oxygen atoms in total. The first-order valence-electron chi connectivity index (χ1n) is 4.98. The van der Waals surface area contributed by atoms with E-state index in [-0.39, 0.29) is 10.8 Å². The normalized spacial score (nSPS) is 16.4. The predicted molar refractivity (Wildman–Crippen MR) is 63.9 cm³/mol. The quantitative estimate of drug-likeness (QED) is 0.876. The smallest absolute Gasteiger partial charge is 0.145 e. The molecule has 1 aromatic rings. The highest BCUT2D eigenvalue weighted by Crippen LogP contribution is 2.23. The largest absolute Gasteiger partial charge is 0.316 e. The van der Waals surface area contributed by atoms with E-state index < -0.39 is 0 Å². The number of hydrogen-bond acceptors (Lipinski definition) is 2. The zero-order valence-corrected chi connectivity index (χ0v) is 9.87. The molecule has 2 rings (SSSR count). The van der Waals surface area contributed by atoms with Crippen LogP contribution in [0.1, 0.15) is 5.56 Å². The summed E-state index contributed by atoms with van der Waals surface area (Å²) in [4.78, 5) is 0. The Morgan fingerprint density at radius 1 is 1.47 bits per heavy atom. The number of nitrogens with one attached hydrogen (secondary N) is 1. The van der Waals surface area contributed by atoms with Gasteiger partial charge in [0.15, 0.2) is 0 Å². The van der Waals surface area contributed by atoms with E-state index in [9.17, 15) is 4.39 Å². The molecule has 1 aliphatic rings. The maximum Gasteiger partial charge on any atom is 0.145 e. The average Bonchev–Trinajstić information content (AvgIpc) is 2.16. The van der Waals surface area contributed by atoms with Crippen molar-refractivity contribution in [3.8, 4) is 0 Å². The van der Waals surface area contributed by atoms with E-state index in [4.69, 9.17) is 11.6 Å². The molecule has 1 heterocycles. The molecule has 1 aromatic carbocycles. The second kappa shape index (κ2) is 5.19. The summed E-state index contributed by atoms with van der Waals surface area (Å²) in [7, 11) is 0. The van der Waals surface area contributed by atoms with Crippen LogP contribution < -0.4 is 5.32 Å². The lowest BCUT2D eigenvalue weighted by Gasteiger charge is -2.26. The van der Waals surface area contributed by atoms with Crippen LogP contribution in [-0.2, 0) is 5.75 Å². The zero-order valence-electron chi connectivity index (χ0n) is 8.30. The monoisotopic (exact) mass is 245 g/mol. The van der Waals surface area contributed by atoms with E-state index >= 15 is 0 Å². The van der Waals surface area contributed by atoms with Crippen LogP contribution in [0.3, 0.4) is 0 Å². The molecule has 1 aliphatic heterocycles. The summed E-state index contributed by atoms with van der Waals surface area (Å²) in [6.07, 6.45) is 0. The molecule has 82 valence electrons. The standard InChI is InChI=1S/C11H13ClFNS/c12-10-3-1-2-9(11(10)13)7-15-6-8-4-14-5-8/h1-3,8,14H,4-7H2. The van der Waals surface area contributed by atoms with E-state index in [1.54, 1.807) is 30.0 Å². The van der Waals surface area contributed by atoms with Gasteiger partial charge < -0.3 is 5.32 Å². The van der Waals surface area contributed by atoms with Gasteiger partial charge in [-0.3, -0.25) is 0 Å². The van der Waals surface area contributed by atoms with Gasteiger partial charge in [0.25, 0.3) is 0 Å². The van der Waals surface area contributed by atoms with Gasteiger partial charge in [0.05, 0.1) is 5.02 Å². The first-order chi connectivity index (χ1) is 7.27. The van der Waals surface area contributed by atoms with Crippen LogP contribution in [-0.4, -0.2) is 18.8 Å². The fourth-order valence-corrected chi connectivity index (χ4v) is 2.79. The second-order valence-corrected chi connectivity index (χ2v) is 5.19. The molecular weight excluding hydrogens is 233 g/mol. The Kier molecular flexibility index (Phi) is 3.89. The summed E-state index contributed by atoms with van der Waals surface area (Å²) in [5.74, 6) is 2.30. The summed E-state index contributed by atoms with van der Waals surface area (Å²) in [5, 5.41) is 3.44. The SMILES string of the molecule is Fc1c(Cl)cccc1CSCC1CNC1. The molecule has 0 saturated carbocycles. The first-order valence-corrected chi connectivity index (χ1v) is 6.52. The van der Waals surface area contributed by atoms with Gasteiger partial charge in [-0.25, -0.2) is 4.39 Å². The number of halogens is 2. The predicted octanol–water partition coefficient (Wildman–Crippen LogP) is 2.93. The maximum absolute atomic E-state index is 13.5. The van der Waals surface area contributed by atoms with Gasteiger partial charge in [-0.15, -0.1) is 0 Å². The molecule has 0 radical (unpaired) electrons. The van der Waals surface area contributed by atoms with E-state index in [2.05, 4.69) is 5.32 Å². The van der Waals surface area contributed by atoms with Crippen molar-refractivity contribution in [2.75, 3.05) is 18.8 Å². The Hall–Kier alpha value is -0.250. The van der Waals surface area contributed by atoms with Crippen LogP contribution in [0.25, 0.3) is 0 Å². The molecule has 0 unspecified atom stereocenters. The minimum absolute atomic E-state index is 0.221. The Morgan fingerprint density at radius 2 is 2.27 bits per heavy atom. The number of hydrogen-bond donors (Lipinski definition) is 1. The molecule has 1 saturated heterocycles. The molecule has 4 heteroatoms. The molecule has 0 aliphatic carbocycles. The molecular formula is C11H13ClFNS. The van der Waals surface area contributed by atoms with E-state index in [0.717, 1.165) is 24.8 Å². The van der Waals surface area contributed by atoms with E-state index in [1.807, 2.05) is 0 Å². The van der Waals surface area contributed by atoms with Crippen molar-refractivity contribution in [3.05, 3.63) is 34.6 Å². The van der Waals surface area contributed by atoms with E-state index in [0.29, 0.717) is 11.3 Å². The molecule has 0 atom stereocenters. The molecule has 0 amide bonds. The summed E-state index contributed by atoms with van der Waals surface area (Å²) >= 11 is 7.47. The van der Waals surface area contributed by atoms with Crippen molar-refractivity contribution < 1.29 is 4.39 Å². The van der Waals surface area contributed by atoms with Gasteiger partial charge in [-0.2, -0.15) is 11.8 Å². The molecule has 0 bridgehead atoms. The molecule has 1 fully saturated rings. The molecule has 1 N–H and O–H groups in total. The zero-order chi connectivity index (χ0) is 10.7. The highest BCUT2D eigenvalue weighted by molar-refractivity contribution is 7.98. The van der Waals surface area contributed by atoms with Crippen molar-refractivity contribution in [1.82, 2.24) is 5.32 Å². The van der Waals surface area contributed by atoms with Crippen LogP contribution in [0, 0.1) is 11.7 Å². The molecule has 0 aromatic heterocycles. The number of benzene rings is 1. The third kappa shape index (κ3) is 2.86. The van der Waals surface area contributed by atoms with Crippen molar-refractivity contribution in [3.63, 3.8) is 0 Å². The van der Waals surface area contributed by atoms with Gasteiger partial charge in [0.1, 0.15) is 5.82 Å². The van der Waals surface area contributed by atoms with Crippen molar-refractivity contribution in [2.24, 2.45) is 5.92 Å². The first kappa shape index (κ1) is 11.2. The lowest BCUT2D eigenvalue weighted by Crippen LogP contribution is -2.43. The maximum atomic E-state index is 13.5. The molecule has 15 heavy (non-hydrogen) atoms. The van der Waals surface area contributed by atoms with Gasteiger partial charge in [-0.1, -0.05) is 23.7 Å². The van der Waals surface area contributed by atoms with E-state index in [1.165, 1.54) is 0 Å². The number of thioether (sulfide) groups is 1. The van der Waals surface area contributed by atoms with Gasteiger partial charge in [0, 0.05) is 5.75 Å². The van der Waals surface area contributed by atoms with Gasteiger partial charge in [-0.05, 0) is 36.4 Å². The third-order valence-corrected chi connectivity index (χ3v) is 4.02. The minimum atomic E-state index is -0.265. The Balaban J connectivity index is 1.84. The second-order valence-electron chi connectivity index (χ2n) is 3.75. The summed E-state index contributed by atoms with van der Waals surface area (Å²) in [6.45, 7) is 2.20. The summed E-state index contributed by atoms with van der Waals surface area (Å²) in [5.41, 5.74) is 0.708. The average molecular weight is 246 g/mol. The van der Waals surface area contributed by atoms with Gasteiger partial charge >= 0.3 is 0 Å². The summed E-state index contributed by atoms with van der Waals surface area (Å²) < 4.78 is 13.5. The Bertz CT molecular complexity index is 341. The highest BCUT2D eigenvalue weighted by atomic mass is 35.5. The van der Waals surface area contributed by atoms with Crippen molar-refractivity contribution >= 4 is 23.4 Å². The van der Waals surface area contributed by atoms with Crippen molar-refractivity contribution in [2.45, 2.75) is 5.75 Å². The van der Waals surface area contributed by atoms with Crippen molar-refractivity contribution in [1.29, 1.82) is 0 Å². The minimum Gasteiger partial charge on any atom is -0.316 e. The summed E-state index contributed by atoms with van der Waals surface area (Å²) in [6, 6.07) is 5.18. The topological polar surface area (TPSA) is 12.0 Å². The Labute approximate surface area is 98.4 Å². The fourth-order valence-electron chi connectivity index (χ4n) is 1.46. The third-order valence-electron chi connectivity index (χ3n) is 2.51. The molecule has 0 spiro atoms. The fraction of sp³-hybridized carbons (Fsp3) is 0.455. The number of rotatable bonds is 4. The van der Waals surface area contributed by atoms with Crippen LogP contribution in [0.2, 0.25) is 5.02 Å².